The number of aryl methyl sites for hydroxylation is 2. The van der Waals surface area contributed by atoms with Gasteiger partial charge in [-0.3, -0.25) is 0 Å². The smallest absolute Gasteiger partial charge is 0.166 e. The summed E-state index contributed by atoms with van der Waals surface area (Å²) in [5, 5.41) is 9.49. The van der Waals surface area contributed by atoms with Gasteiger partial charge in [0.05, 0.1) is 10.9 Å². The zero-order chi connectivity index (χ0) is 23.9. The molecule has 176 valence electrons. The zero-order valence-corrected chi connectivity index (χ0v) is 21.2. The Morgan fingerprint density at radius 3 is 1.39 bits per heavy atom. The molecular weight excluding hydrogens is 424 g/mol. The van der Waals surface area contributed by atoms with Crippen LogP contribution in [0.25, 0.3) is 0 Å². The molecule has 0 aliphatic rings. The third kappa shape index (κ3) is 9.47. The number of carbonyl (C=O) groups excluding carboxylic acids is 1. The second-order valence-electron chi connectivity index (χ2n) is 8.24. The number of rotatable bonds is 11. The van der Waals surface area contributed by atoms with Crippen molar-refractivity contribution in [3.8, 4) is 0 Å². The second-order valence-corrected chi connectivity index (χ2v) is 10.3. The lowest BCUT2D eigenvalue weighted by atomic mass is 10.1. The molecule has 3 heteroatoms. The van der Waals surface area contributed by atoms with E-state index >= 15 is 0 Å². The molecule has 3 aromatic carbocycles. The summed E-state index contributed by atoms with van der Waals surface area (Å²) < 4.78 is 0. The van der Waals surface area contributed by atoms with Crippen molar-refractivity contribution in [2.45, 2.75) is 86.8 Å². The average Bonchev–Trinajstić information content (AvgIpc) is 2.84. The number of benzene rings is 3. The van der Waals surface area contributed by atoms with Crippen molar-refractivity contribution >= 4 is 16.9 Å². The van der Waals surface area contributed by atoms with E-state index in [0.29, 0.717) is 6.42 Å². The number of aliphatic carboxylic acids is 1. The standard InChI is InChI=1S/C26H31S.C4H8O2/c1-3-5-10-22-14-18-25(19-15-22)27(24-12-8-7-9-13-24)26-20-16-23(17-21-26)11-6-4-2;1-2-3-4(5)6/h7-9,12-21H,3-6,10-11H2,1-2H3;2-3H2,1H3,(H,5,6)/q+1;/p-1. The Morgan fingerprint density at radius 2 is 1.06 bits per heavy atom. The minimum absolute atomic E-state index is 0.0426. The number of hydrogen-bond acceptors (Lipinski definition) is 2. The van der Waals surface area contributed by atoms with Gasteiger partial charge in [0.15, 0.2) is 14.7 Å². The molecule has 0 spiro atoms. The predicted molar refractivity (Wildman–Crippen MR) is 139 cm³/mol. The Bertz CT molecular complexity index is 866. The highest BCUT2D eigenvalue weighted by atomic mass is 32.2. The van der Waals surface area contributed by atoms with Gasteiger partial charge in [-0.05, 0) is 79.6 Å². The zero-order valence-electron chi connectivity index (χ0n) is 20.4. The third-order valence-electron chi connectivity index (χ3n) is 5.39. The van der Waals surface area contributed by atoms with Crippen LogP contribution in [0.4, 0.5) is 0 Å². The molecule has 0 bridgehead atoms. The van der Waals surface area contributed by atoms with Gasteiger partial charge in [0.25, 0.3) is 0 Å². The topological polar surface area (TPSA) is 40.1 Å². The number of hydrogen-bond donors (Lipinski definition) is 0. The van der Waals surface area contributed by atoms with Gasteiger partial charge in [-0.1, -0.05) is 82.5 Å². The van der Waals surface area contributed by atoms with Crippen molar-refractivity contribution in [2.75, 3.05) is 0 Å². The summed E-state index contributed by atoms with van der Waals surface area (Å²) in [4.78, 5) is 13.7. The first-order valence-corrected chi connectivity index (χ1v) is 13.5. The maximum atomic E-state index is 9.49. The molecule has 3 aromatic rings. The summed E-state index contributed by atoms with van der Waals surface area (Å²) in [6.07, 6.45) is 8.25. The molecular formula is C30H38O2S. The van der Waals surface area contributed by atoms with Crippen molar-refractivity contribution in [3.63, 3.8) is 0 Å². The van der Waals surface area contributed by atoms with E-state index in [-0.39, 0.29) is 17.3 Å². The maximum absolute atomic E-state index is 9.49. The molecule has 0 heterocycles. The minimum atomic E-state index is -0.961. The fraction of sp³-hybridized carbons (Fsp3) is 0.367. The molecule has 0 unspecified atom stereocenters. The van der Waals surface area contributed by atoms with Gasteiger partial charge in [-0.25, -0.2) is 0 Å². The second kappa shape index (κ2) is 15.3. The lowest BCUT2D eigenvalue weighted by Crippen LogP contribution is -2.20. The van der Waals surface area contributed by atoms with Crippen LogP contribution in [0.3, 0.4) is 0 Å². The van der Waals surface area contributed by atoms with E-state index in [1.807, 2.05) is 0 Å². The van der Waals surface area contributed by atoms with Crippen molar-refractivity contribution in [3.05, 3.63) is 90.0 Å². The molecule has 0 aliphatic carbocycles. The lowest BCUT2D eigenvalue weighted by molar-refractivity contribution is -0.305. The fourth-order valence-corrected chi connectivity index (χ4v) is 5.58. The SMILES string of the molecule is CCCC(=O)[O-].CCCCc1ccc([S+](c2ccccc2)c2ccc(CCCC)cc2)cc1. The van der Waals surface area contributed by atoms with E-state index < -0.39 is 5.97 Å². The van der Waals surface area contributed by atoms with Gasteiger partial charge in [0, 0.05) is 5.97 Å². The molecule has 0 atom stereocenters. The molecule has 0 amide bonds. The highest BCUT2D eigenvalue weighted by Crippen LogP contribution is 2.31. The Morgan fingerprint density at radius 1 is 0.636 bits per heavy atom. The third-order valence-corrected chi connectivity index (χ3v) is 7.62. The number of unbranched alkanes of at least 4 members (excludes halogenated alkanes) is 2. The quantitative estimate of drug-likeness (QED) is 0.288. The molecule has 2 nitrogen and oxygen atoms in total. The van der Waals surface area contributed by atoms with Crippen molar-refractivity contribution in [1.29, 1.82) is 0 Å². The van der Waals surface area contributed by atoms with Gasteiger partial charge in [-0.15, -0.1) is 0 Å². The van der Waals surface area contributed by atoms with Crippen LogP contribution in [0, 0.1) is 0 Å². The number of carboxylic acids is 1. The first kappa shape index (κ1) is 26.7. The molecule has 0 aromatic heterocycles. The normalized spacial score (nSPS) is 10.5. The Balaban J connectivity index is 0.000000569. The monoisotopic (exact) mass is 462 g/mol. The highest BCUT2D eigenvalue weighted by molar-refractivity contribution is 7.97. The van der Waals surface area contributed by atoms with Gasteiger partial charge in [0.1, 0.15) is 0 Å². The Kier molecular flexibility index (Phi) is 12.4. The molecule has 3 rings (SSSR count). The summed E-state index contributed by atoms with van der Waals surface area (Å²) in [7, 11) is -0.0426. The summed E-state index contributed by atoms with van der Waals surface area (Å²) in [6.45, 7) is 6.31. The summed E-state index contributed by atoms with van der Waals surface area (Å²) >= 11 is 0. The van der Waals surface area contributed by atoms with Crippen LogP contribution in [-0.2, 0) is 28.5 Å². The van der Waals surface area contributed by atoms with E-state index in [2.05, 4.69) is 92.7 Å². The fourth-order valence-electron chi connectivity index (χ4n) is 3.52. The molecule has 33 heavy (non-hydrogen) atoms. The largest absolute Gasteiger partial charge is 0.550 e. The molecule has 0 aliphatic heterocycles. The van der Waals surface area contributed by atoms with Gasteiger partial charge < -0.3 is 9.90 Å². The van der Waals surface area contributed by atoms with Crippen LogP contribution in [0.2, 0.25) is 0 Å². The summed E-state index contributed by atoms with van der Waals surface area (Å²) in [5.74, 6) is -0.961. The molecule has 0 saturated carbocycles. The summed E-state index contributed by atoms with van der Waals surface area (Å²) in [6, 6.07) is 29.6. The van der Waals surface area contributed by atoms with E-state index in [9.17, 15) is 9.90 Å². The number of carboxylic acid groups (broad SMARTS) is 1. The molecule has 0 fully saturated rings. The average molecular weight is 463 g/mol. The van der Waals surface area contributed by atoms with Crippen LogP contribution in [-0.4, -0.2) is 5.97 Å². The first-order chi connectivity index (χ1) is 16.1. The van der Waals surface area contributed by atoms with Crippen molar-refractivity contribution < 1.29 is 9.90 Å². The van der Waals surface area contributed by atoms with Crippen LogP contribution >= 0.6 is 0 Å². The Labute approximate surface area is 203 Å². The minimum Gasteiger partial charge on any atom is -0.550 e. The Hall–Kier alpha value is -2.52. The van der Waals surface area contributed by atoms with Crippen LogP contribution < -0.4 is 5.11 Å². The first-order valence-electron chi connectivity index (χ1n) is 12.3. The van der Waals surface area contributed by atoms with E-state index in [1.54, 1.807) is 6.92 Å². The molecule has 0 radical (unpaired) electrons. The van der Waals surface area contributed by atoms with Gasteiger partial charge in [0.2, 0.25) is 0 Å². The molecule has 0 N–H and O–H groups in total. The van der Waals surface area contributed by atoms with E-state index in [1.165, 1.54) is 64.3 Å². The highest BCUT2D eigenvalue weighted by Gasteiger charge is 2.28. The van der Waals surface area contributed by atoms with Crippen molar-refractivity contribution in [1.82, 2.24) is 0 Å². The lowest BCUT2D eigenvalue weighted by Gasteiger charge is -2.09. The predicted octanol–water partition coefficient (Wildman–Crippen LogP) is 7.00. The van der Waals surface area contributed by atoms with E-state index in [0.717, 1.165) is 0 Å². The van der Waals surface area contributed by atoms with Crippen LogP contribution in [0.15, 0.2) is 93.5 Å². The van der Waals surface area contributed by atoms with E-state index in [4.69, 9.17) is 0 Å². The maximum Gasteiger partial charge on any atom is 0.166 e. The van der Waals surface area contributed by atoms with Crippen LogP contribution in [0.1, 0.15) is 70.4 Å². The van der Waals surface area contributed by atoms with Crippen molar-refractivity contribution in [2.24, 2.45) is 0 Å². The molecule has 0 saturated heterocycles. The van der Waals surface area contributed by atoms with Crippen LogP contribution in [0.5, 0.6) is 0 Å². The summed E-state index contributed by atoms with van der Waals surface area (Å²) in [5.41, 5.74) is 2.90. The number of carbonyl (C=O) groups is 1. The van der Waals surface area contributed by atoms with Gasteiger partial charge in [-0.2, -0.15) is 0 Å². The van der Waals surface area contributed by atoms with Gasteiger partial charge >= 0.3 is 0 Å².